The minimum atomic E-state index is 0.276. The van der Waals surface area contributed by atoms with Crippen molar-refractivity contribution in [3.8, 4) is 0 Å². The van der Waals surface area contributed by atoms with Crippen LogP contribution in [-0.2, 0) is 4.79 Å². The van der Waals surface area contributed by atoms with Crippen LogP contribution in [0.3, 0.4) is 0 Å². The number of carbonyl (C=O) groups is 1. The van der Waals surface area contributed by atoms with Crippen LogP contribution in [0.5, 0.6) is 0 Å². The maximum atomic E-state index is 11.5. The van der Waals surface area contributed by atoms with Gasteiger partial charge in [-0.1, -0.05) is 6.92 Å². The molecule has 0 unspecified atom stereocenters. The lowest BCUT2D eigenvalue weighted by atomic mass is 10.0. The van der Waals surface area contributed by atoms with Gasteiger partial charge in [-0.25, -0.2) is 0 Å². The van der Waals surface area contributed by atoms with Crippen LogP contribution in [0.15, 0.2) is 0 Å². The van der Waals surface area contributed by atoms with E-state index >= 15 is 0 Å². The second-order valence-electron chi connectivity index (χ2n) is 4.72. The van der Waals surface area contributed by atoms with Gasteiger partial charge in [-0.05, 0) is 26.7 Å². The molecule has 0 aromatic heterocycles. The highest BCUT2D eigenvalue weighted by molar-refractivity contribution is 5.75. The van der Waals surface area contributed by atoms with Gasteiger partial charge in [-0.3, -0.25) is 4.79 Å². The zero-order valence-corrected chi connectivity index (χ0v) is 10.5. The first-order valence-corrected chi connectivity index (χ1v) is 6.06. The molecule has 0 aromatic rings. The van der Waals surface area contributed by atoms with Crippen LogP contribution in [0.4, 0.5) is 0 Å². The normalized spacial score (nSPS) is 19.5. The Kier molecular flexibility index (Phi) is 4.58. The SMILES string of the molecule is CCC(=O)N(C)C1CCN(C(C)C)CC1. The zero-order chi connectivity index (χ0) is 11.4. The summed E-state index contributed by atoms with van der Waals surface area (Å²) in [5.41, 5.74) is 0. The van der Waals surface area contributed by atoms with Crippen molar-refractivity contribution >= 4 is 5.91 Å². The summed E-state index contributed by atoms with van der Waals surface area (Å²) in [6, 6.07) is 1.10. The van der Waals surface area contributed by atoms with Crippen LogP contribution in [0.25, 0.3) is 0 Å². The molecule has 1 aliphatic heterocycles. The number of nitrogens with zero attached hydrogens (tertiary/aromatic N) is 2. The lowest BCUT2D eigenvalue weighted by Gasteiger charge is -2.38. The predicted octanol–water partition coefficient (Wildman–Crippen LogP) is 1.73. The quantitative estimate of drug-likeness (QED) is 0.711. The predicted molar refractivity (Wildman–Crippen MR) is 62.8 cm³/mol. The van der Waals surface area contributed by atoms with Crippen molar-refractivity contribution in [2.24, 2.45) is 0 Å². The molecule has 0 radical (unpaired) electrons. The van der Waals surface area contributed by atoms with Crippen LogP contribution < -0.4 is 0 Å². The van der Waals surface area contributed by atoms with E-state index in [2.05, 4.69) is 18.7 Å². The van der Waals surface area contributed by atoms with Crippen LogP contribution in [-0.4, -0.2) is 47.9 Å². The van der Waals surface area contributed by atoms with E-state index < -0.39 is 0 Å². The Balaban J connectivity index is 2.40. The van der Waals surface area contributed by atoms with Crippen molar-refractivity contribution < 1.29 is 4.79 Å². The molecule has 1 aliphatic rings. The van der Waals surface area contributed by atoms with Crippen LogP contribution in [0.2, 0.25) is 0 Å². The number of amides is 1. The van der Waals surface area contributed by atoms with Gasteiger partial charge < -0.3 is 9.80 Å². The number of rotatable bonds is 3. The van der Waals surface area contributed by atoms with Gasteiger partial charge in [0.1, 0.15) is 0 Å². The van der Waals surface area contributed by atoms with Gasteiger partial charge in [0.2, 0.25) is 5.91 Å². The monoisotopic (exact) mass is 212 g/mol. The van der Waals surface area contributed by atoms with Crippen molar-refractivity contribution in [2.75, 3.05) is 20.1 Å². The van der Waals surface area contributed by atoms with E-state index in [-0.39, 0.29) is 5.91 Å². The molecule has 1 saturated heterocycles. The van der Waals surface area contributed by atoms with E-state index in [1.54, 1.807) is 0 Å². The highest BCUT2D eigenvalue weighted by Crippen LogP contribution is 2.17. The lowest BCUT2D eigenvalue weighted by Crippen LogP contribution is -2.47. The summed E-state index contributed by atoms with van der Waals surface area (Å²) in [6.45, 7) is 8.66. The summed E-state index contributed by atoms with van der Waals surface area (Å²) >= 11 is 0. The van der Waals surface area contributed by atoms with E-state index in [1.165, 1.54) is 0 Å². The number of carbonyl (C=O) groups excluding carboxylic acids is 1. The average Bonchev–Trinajstić information content (AvgIpc) is 2.27. The van der Waals surface area contributed by atoms with E-state index in [1.807, 2.05) is 18.9 Å². The van der Waals surface area contributed by atoms with Crippen molar-refractivity contribution in [1.82, 2.24) is 9.80 Å². The largest absolute Gasteiger partial charge is 0.343 e. The molecule has 3 heteroatoms. The number of likely N-dealkylation sites (tertiary alicyclic amines) is 1. The maximum absolute atomic E-state index is 11.5. The number of hydrogen-bond donors (Lipinski definition) is 0. The van der Waals surface area contributed by atoms with Crippen molar-refractivity contribution in [2.45, 2.75) is 52.1 Å². The second kappa shape index (κ2) is 5.50. The Morgan fingerprint density at radius 1 is 1.40 bits per heavy atom. The number of hydrogen-bond acceptors (Lipinski definition) is 2. The molecule has 0 aromatic carbocycles. The first-order chi connectivity index (χ1) is 7.06. The summed E-state index contributed by atoms with van der Waals surface area (Å²) in [4.78, 5) is 16.0. The molecule has 88 valence electrons. The molecule has 0 atom stereocenters. The van der Waals surface area contributed by atoms with Gasteiger partial charge in [0.25, 0.3) is 0 Å². The zero-order valence-electron chi connectivity index (χ0n) is 10.5. The van der Waals surface area contributed by atoms with Gasteiger partial charge in [-0.15, -0.1) is 0 Å². The Morgan fingerprint density at radius 2 is 1.93 bits per heavy atom. The Morgan fingerprint density at radius 3 is 2.33 bits per heavy atom. The second-order valence-corrected chi connectivity index (χ2v) is 4.72. The first kappa shape index (κ1) is 12.5. The molecule has 0 N–H and O–H groups in total. The van der Waals surface area contributed by atoms with E-state index in [0.717, 1.165) is 25.9 Å². The maximum Gasteiger partial charge on any atom is 0.222 e. The van der Waals surface area contributed by atoms with E-state index in [0.29, 0.717) is 18.5 Å². The Bertz CT molecular complexity index is 208. The molecule has 0 aliphatic carbocycles. The smallest absolute Gasteiger partial charge is 0.222 e. The fraction of sp³-hybridized carbons (Fsp3) is 0.917. The van der Waals surface area contributed by atoms with Gasteiger partial charge in [-0.2, -0.15) is 0 Å². The molecule has 1 amide bonds. The first-order valence-electron chi connectivity index (χ1n) is 6.06. The molecular weight excluding hydrogens is 188 g/mol. The molecule has 1 fully saturated rings. The fourth-order valence-corrected chi connectivity index (χ4v) is 2.24. The molecule has 1 rings (SSSR count). The third-order valence-corrected chi connectivity index (χ3v) is 3.47. The highest BCUT2D eigenvalue weighted by Gasteiger charge is 2.25. The third kappa shape index (κ3) is 3.20. The molecule has 0 spiro atoms. The van der Waals surface area contributed by atoms with Crippen LogP contribution in [0.1, 0.15) is 40.0 Å². The van der Waals surface area contributed by atoms with Gasteiger partial charge >= 0.3 is 0 Å². The van der Waals surface area contributed by atoms with Crippen molar-refractivity contribution in [1.29, 1.82) is 0 Å². The van der Waals surface area contributed by atoms with Crippen molar-refractivity contribution in [3.05, 3.63) is 0 Å². The molecular formula is C12H24N2O. The van der Waals surface area contributed by atoms with Gasteiger partial charge in [0.05, 0.1) is 0 Å². The summed E-state index contributed by atoms with van der Waals surface area (Å²) < 4.78 is 0. The Hall–Kier alpha value is -0.570. The summed E-state index contributed by atoms with van der Waals surface area (Å²) in [5.74, 6) is 0.276. The van der Waals surface area contributed by atoms with Gasteiger partial charge in [0, 0.05) is 38.6 Å². The minimum absolute atomic E-state index is 0.276. The van der Waals surface area contributed by atoms with Crippen LogP contribution >= 0.6 is 0 Å². The highest BCUT2D eigenvalue weighted by atomic mass is 16.2. The van der Waals surface area contributed by atoms with E-state index in [4.69, 9.17) is 0 Å². The standard InChI is InChI=1S/C12H24N2O/c1-5-12(15)13(4)11-6-8-14(9-7-11)10(2)3/h10-11H,5-9H2,1-4H3. The summed E-state index contributed by atoms with van der Waals surface area (Å²) in [7, 11) is 1.95. The molecule has 0 bridgehead atoms. The minimum Gasteiger partial charge on any atom is -0.343 e. The molecule has 15 heavy (non-hydrogen) atoms. The van der Waals surface area contributed by atoms with E-state index in [9.17, 15) is 4.79 Å². The summed E-state index contributed by atoms with van der Waals surface area (Å²) in [5, 5.41) is 0. The molecule has 0 saturated carbocycles. The van der Waals surface area contributed by atoms with Gasteiger partial charge in [0.15, 0.2) is 0 Å². The Labute approximate surface area is 93.4 Å². The topological polar surface area (TPSA) is 23.6 Å². The van der Waals surface area contributed by atoms with Crippen molar-refractivity contribution in [3.63, 3.8) is 0 Å². The molecule has 1 heterocycles. The third-order valence-electron chi connectivity index (χ3n) is 3.47. The fourth-order valence-electron chi connectivity index (χ4n) is 2.24. The molecule has 3 nitrogen and oxygen atoms in total. The van der Waals surface area contributed by atoms with Crippen LogP contribution in [0, 0.1) is 0 Å². The average molecular weight is 212 g/mol. The lowest BCUT2D eigenvalue weighted by molar-refractivity contribution is -0.132. The summed E-state index contributed by atoms with van der Waals surface area (Å²) in [6.07, 6.45) is 2.88. The number of piperidine rings is 1.